The molecule has 0 heterocycles. The average Bonchev–Trinajstić information content (AvgIpc) is 2.29. The number of nitrogens with two attached hydrogens (primary N) is 1. The fourth-order valence-corrected chi connectivity index (χ4v) is 1.63. The summed E-state index contributed by atoms with van der Waals surface area (Å²) < 4.78 is 18.9. The number of halogens is 1. The predicted molar refractivity (Wildman–Crippen MR) is 74.9 cm³/mol. The van der Waals surface area contributed by atoms with E-state index < -0.39 is 29.5 Å². The Morgan fingerprint density at radius 3 is 2.55 bits per heavy atom. The first-order valence-corrected chi connectivity index (χ1v) is 6.55. The molecule has 2 atom stereocenters. The van der Waals surface area contributed by atoms with Crippen LogP contribution in [0.15, 0.2) is 18.2 Å². The fraction of sp³-hybridized carbons (Fsp3) is 0.533. The molecule has 0 amide bonds. The van der Waals surface area contributed by atoms with Gasteiger partial charge in [-0.3, -0.25) is 0 Å². The summed E-state index contributed by atoms with van der Waals surface area (Å²) in [5.41, 5.74) is 5.64. The van der Waals surface area contributed by atoms with Gasteiger partial charge in [0.2, 0.25) is 0 Å². The lowest BCUT2D eigenvalue weighted by molar-refractivity contribution is 0.00646. The molecule has 0 aliphatic carbocycles. The molecule has 20 heavy (non-hydrogen) atoms. The number of rotatable bonds is 4. The lowest BCUT2D eigenvalue weighted by atomic mass is 10.0. The molecule has 5 heteroatoms. The second-order valence-electron chi connectivity index (χ2n) is 5.92. The lowest BCUT2D eigenvalue weighted by Crippen LogP contribution is -2.34. The Morgan fingerprint density at radius 2 is 2.05 bits per heavy atom. The first-order valence-electron chi connectivity index (χ1n) is 6.55. The van der Waals surface area contributed by atoms with Crippen LogP contribution in [0.4, 0.5) is 4.39 Å². The molecule has 1 rings (SSSR count). The second-order valence-corrected chi connectivity index (χ2v) is 5.92. The average molecular weight is 283 g/mol. The van der Waals surface area contributed by atoms with Crippen molar-refractivity contribution in [2.24, 2.45) is 5.73 Å². The third-order valence-corrected chi connectivity index (χ3v) is 2.74. The van der Waals surface area contributed by atoms with Crippen LogP contribution in [0, 0.1) is 5.82 Å². The molecule has 0 fully saturated rings. The summed E-state index contributed by atoms with van der Waals surface area (Å²) in [6, 6.07) is 3.72. The molecule has 4 nitrogen and oxygen atoms in total. The van der Waals surface area contributed by atoms with Crippen LogP contribution in [0.25, 0.3) is 0 Å². The molecule has 0 radical (unpaired) electrons. The highest BCUT2D eigenvalue weighted by molar-refractivity contribution is 5.90. The van der Waals surface area contributed by atoms with Crippen molar-refractivity contribution < 1.29 is 19.0 Å². The van der Waals surface area contributed by atoms with E-state index in [2.05, 4.69) is 0 Å². The van der Waals surface area contributed by atoms with Crippen LogP contribution in [0.1, 0.15) is 43.6 Å². The lowest BCUT2D eigenvalue weighted by Gasteiger charge is -2.20. The first-order chi connectivity index (χ1) is 9.10. The minimum absolute atomic E-state index is 0.116. The zero-order chi connectivity index (χ0) is 15.5. The molecule has 0 spiro atoms. The zero-order valence-electron chi connectivity index (χ0n) is 12.3. The van der Waals surface area contributed by atoms with Crippen molar-refractivity contribution >= 4 is 5.97 Å². The maximum absolute atomic E-state index is 13.7. The molecule has 3 N–H and O–H groups in total. The van der Waals surface area contributed by atoms with Gasteiger partial charge < -0.3 is 15.6 Å². The van der Waals surface area contributed by atoms with Crippen molar-refractivity contribution in [1.29, 1.82) is 0 Å². The minimum Gasteiger partial charge on any atom is -0.456 e. The van der Waals surface area contributed by atoms with E-state index in [1.807, 2.05) is 0 Å². The van der Waals surface area contributed by atoms with Crippen molar-refractivity contribution in [3.8, 4) is 0 Å². The number of aliphatic hydroxyl groups excluding tert-OH is 1. The van der Waals surface area contributed by atoms with Crippen molar-refractivity contribution in [3.63, 3.8) is 0 Å². The number of aliphatic hydroxyl groups is 1. The Kier molecular flexibility index (Phi) is 5.25. The smallest absolute Gasteiger partial charge is 0.341 e. The monoisotopic (exact) mass is 283 g/mol. The van der Waals surface area contributed by atoms with Gasteiger partial charge in [0.15, 0.2) is 0 Å². The molecular weight excluding hydrogens is 261 g/mol. The number of esters is 1. The van der Waals surface area contributed by atoms with E-state index in [0.717, 1.165) is 0 Å². The topological polar surface area (TPSA) is 72.5 Å². The highest BCUT2D eigenvalue weighted by Gasteiger charge is 2.21. The van der Waals surface area contributed by atoms with Gasteiger partial charge in [-0.25, -0.2) is 9.18 Å². The van der Waals surface area contributed by atoms with Crippen LogP contribution < -0.4 is 5.73 Å². The van der Waals surface area contributed by atoms with Crippen molar-refractivity contribution in [1.82, 2.24) is 0 Å². The van der Waals surface area contributed by atoms with Crippen LogP contribution in [0.3, 0.4) is 0 Å². The quantitative estimate of drug-likeness (QED) is 0.829. The van der Waals surface area contributed by atoms with Gasteiger partial charge in [0.05, 0.1) is 11.7 Å². The van der Waals surface area contributed by atoms with Crippen LogP contribution in [-0.2, 0) is 11.2 Å². The van der Waals surface area contributed by atoms with Gasteiger partial charge in [-0.05, 0) is 51.8 Å². The molecule has 112 valence electrons. The van der Waals surface area contributed by atoms with Crippen molar-refractivity contribution in [2.75, 3.05) is 0 Å². The molecule has 0 aliphatic heterocycles. The van der Waals surface area contributed by atoms with E-state index in [0.29, 0.717) is 12.0 Å². The second kappa shape index (κ2) is 6.33. The van der Waals surface area contributed by atoms with Gasteiger partial charge in [-0.15, -0.1) is 0 Å². The van der Waals surface area contributed by atoms with E-state index in [1.165, 1.54) is 12.1 Å². The highest BCUT2D eigenvalue weighted by Crippen LogP contribution is 2.17. The third-order valence-electron chi connectivity index (χ3n) is 2.74. The van der Waals surface area contributed by atoms with Gasteiger partial charge in [0, 0.05) is 6.04 Å². The Hall–Kier alpha value is -1.46. The molecule has 2 unspecified atom stereocenters. The SMILES string of the molecule is CC(O)C(N)Cc1ccc(F)c(C(=O)OC(C)(C)C)c1. The van der Waals surface area contributed by atoms with Gasteiger partial charge >= 0.3 is 5.97 Å². The summed E-state index contributed by atoms with van der Waals surface area (Å²) in [6.45, 7) is 6.74. The van der Waals surface area contributed by atoms with E-state index >= 15 is 0 Å². The fourth-order valence-electron chi connectivity index (χ4n) is 1.63. The van der Waals surface area contributed by atoms with E-state index in [9.17, 15) is 14.3 Å². The number of hydrogen-bond acceptors (Lipinski definition) is 4. The Morgan fingerprint density at radius 1 is 1.45 bits per heavy atom. The molecule has 0 aliphatic rings. The summed E-state index contributed by atoms with van der Waals surface area (Å²) in [4.78, 5) is 11.9. The third kappa shape index (κ3) is 4.90. The number of carbonyl (C=O) groups is 1. The van der Waals surface area contributed by atoms with Crippen molar-refractivity contribution in [2.45, 2.75) is 51.9 Å². The van der Waals surface area contributed by atoms with Crippen LogP contribution in [-0.4, -0.2) is 28.8 Å². The summed E-state index contributed by atoms with van der Waals surface area (Å²) in [5, 5.41) is 9.38. The van der Waals surface area contributed by atoms with Crippen molar-refractivity contribution in [3.05, 3.63) is 35.1 Å². The van der Waals surface area contributed by atoms with Crippen LogP contribution in [0.2, 0.25) is 0 Å². The maximum Gasteiger partial charge on any atom is 0.341 e. The normalized spacial score (nSPS) is 14.8. The summed E-state index contributed by atoms with van der Waals surface area (Å²) in [6.07, 6.45) is -0.321. The largest absolute Gasteiger partial charge is 0.456 e. The number of ether oxygens (including phenoxy) is 1. The van der Waals surface area contributed by atoms with Gasteiger partial charge in [-0.1, -0.05) is 6.07 Å². The standard InChI is InChI=1S/C15H22FNO3/c1-9(18)13(17)8-10-5-6-12(16)11(7-10)14(19)20-15(2,3)4/h5-7,9,13,18H,8,17H2,1-4H3. The summed E-state index contributed by atoms with van der Waals surface area (Å²) in [5.74, 6) is -1.34. The van der Waals surface area contributed by atoms with Gasteiger partial charge in [0.1, 0.15) is 11.4 Å². The Bertz CT molecular complexity index is 480. The van der Waals surface area contributed by atoms with Gasteiger partial charge in [0.25, 0.3) is 0 Å². The predicted octanol–water partition coefficient (Wildman–Crippen LogP) is 2.03. The molecule has 0 saturated heterocycles. The number of carbonyl (C=O) groups excluding carboxylic acids is 1. The molecule has 0 aromatic heterocycles. The molecule has 0 saturated carbocycles. The van der Waals surface area contributed by atoms with E-state index in [1.54, 1.807) is 33.8 Å². The number of benzene rings is 1. The van der Waals surface area contributed by atoms with Crippen LogP contribution in [0.5, 0.6) is 0 Å². The first kappa shape index (κ1) is 16.6. The highest BCUT2D eigenvalue weighted by atomic mass is 19.1. The summed E-state index contributed by atoms with van der Waals surface area (Å²) in [7, 11) is 0. The van der Waals surface area contributed by atoms with Gasteiger partial charge in [-0.2, -0.15) is 0 Å². The summed E-state index contributed by atoms with van der Waals surface area (Å²) >= 11 is 0. The maximum atomic E-state index is 13.7. The molecule has 1 aromatic carbocycles. The molecule has 1 aromatic rings. The Labute approximate surface area is 118 Å². The Balaban J connectivity index is 2.94. The van der Waals surface area contributed by atoms with E-state index in [-0.39, 0.29) is 5.56 Å². The number of hydrogen-bond donors (Lipinski definition) is 2. The zero-order valence-corrected chi connectivity index (χ0v) is 12.3. The molecular formula is C15H22FNO3. The minimum atomic E-state index is -0.706. The molecule has 0 bridgehead atoms. The van der Waals surface area contributed by atoms with Crippen LogP contribution >= 0.6 is 0 Å². The van der Waals surface area contributed by atoms with E-state index in [4.69, 9.17) is 10.5 Å².